The molecule has 30 heavy (non-hydrogen) atoms. The van der Waals surface area contributed by atoms with E-state index in [9.17, 15) is 29.4 Å². The van der Waals surface area contributed by atoms with Crippen molar-refractivity contribution in [1.82, 2.24) is 0 Å². The summed E-state index contributed by atoms with van der Waals surface area (Å²) in [6, 6.07) is 15.7. The number of hydrogen-bond acceptors (Lipinski definition) is 5. The normalized spacial score (nSPS) is 12.6. The Morgan fingerprint density at radius 3 is 2.30 bits per heavy atom. The molecular formula is C22H14N2O6. The number of para-hydroxylation sites is 1. The SMILES string of the molecule is O=C(Nc1ccccc1C(=O)O)c1ccc2c(c1)C(=O)N(c1cccc(O)c1)C2=O. The Hall–Kier alpha value is -4.46. The quantitative estimate of drug-likeness (QED) is 0.576. The molecule has 3 aromatic carbocycles. The van der Waals surface area contributed by atoms with Crippen molar-refractivity contribution < 1.29 is 29.4 Å². The summed E-state index contributed by atoms with van der Waals surface area (Å²) in [4.78, 5) is 50.3. The van der Waals surface area contributed by atoms with E-state index in [2.05, 4.69) is 5.32 Å². The first-order valence-corrected chi connectivity index (χ1v) is 8.82. The molecule has 8 nitrogen and oxygen atoms in total. The molecule has 0 unspecified atom stereocenters. The van der Waals surface area contributed by atoms with Gasteiger partial charge in [0.25, 0.3) is 17.7 Å². The third kappa shape index (κ3) is 3.16. The second-order valence-electron chi connectivity index (χ2n) is 6.53. The van der Waals surface area contributed by atoms with Crippen LogP contribution in [0.5, 0.6) is 5.75 Å². The molecule has 0 atom stereocenters. The molecule has 3 aromatic rings. The zero-order valence-corrected chi connectivity index (χ0v) is 15.3. The second kappa shape index (κ2) is 7.17. The van der Waals surface area contributed by atoms with Gasteiger partial charge in [-0.25, -0.2) is 9.69 Å². The van der Waals surface area contributed by atoms with Gasteiger partial charge in [-0.05, 0) is 42.5 Å². The van der Waals surface area contributed by atoms with E-state index in [0.717, 1.165) is 4.90 Å². The fourth-order valence-electron chi connectivity index (χ4n) is 3.22. The van der Waals surface area contributed by atoms with Crippen LogP contribution >= 0.6 is 0 Å². The number of aromatic carboxylic acids is 1. The lowest BCUT2D eigenvalue weighted by molar-refractivity contribution is 0.0697. The number of phenolic OH excluding ortho intramolecular Hbond substituents is 1. The van der Waals surface area contributed by atoms with Crippen LogP contribution in [0.4, 0.5) is 11.4 Å². The summed E-state index contributed by atoms with van der Waals surface area (Å²) in [6.07, 6.45) is 0. The summed E-state index contributed by atoms with van der Waals surface area (Å²) in [5.41, 5.74) is 0.511. The highest BCUT2D eigenvalue weighted by atomic mass is 16.4. The number of rotatable bonds is 4. The Bertz CT molecular complexity index is 1230. The first-order chi connectivity index (χ1) is 14.4. The maximum atomic E-state index is 12.8. The monoisotopic (exact) mass is 402 g/mol. The van der Waals surface area contributed by atoms with E-state index in [1.807, 2.05) is 0 Å². The number of carbonyl (C=O) groups excluding carboxylic acids is 3. The van der Waals surface area contributed by atoms with E-state index in [1.165, 1.54) is 60.7 Å². The number of aromatic hydroxyl groups is 1. The van der Waals surface area contributed by atoms with Gasteiger partial charge in [0.15, 0.2) is 0 Å². The smallest absolute Gasteiger partial charge is 0.337 e. The van der Waals surface area contributed by atoms with E-state index in [4.69, 9.17) is 0 Å². The lowest BCUT2D eigenvalue weighted by atomic mass is 10.0. The van der Waals surface area contributed by atoms with E-state index in [-0.39, 0.29) is 39.4 Å². The number of imide groups is 1. The van der Waals surface area contributed by atoms with Gasteiger partial charge in [0.1, 0.15) is 5.75 Å². The van der Waals surface area contributed by atoms with Crippen molar-refractivity contribution in [2.45, 2.75) is 0 Å². The summed E-state index contributed by atoms with van der Waals surface area (Å²) in [6.45, 7) is 0. The molecule has 1 aliphatic rings. The van der Waals surface area contributed by atoms with Gasteiger partial charge in [0.05, 0.1) is 28.1 Å². The van der Waals surface area contributed by atoms with Crippen LogP contribution in [0.3, 0.4) is 0 Å². The number of carboxylic acids is 1. The van der Waals surface area contributed by atoms with Crippen molar-refractivity contribution in [3.63, 3.8) is 0 Å². The number of nitrogens with zero attached hydrogens (tertiary/aromatic N) is 1. The van der Waals surface area contributed by atoms with Gasteiger partial charge < -0.3 is 15.5 Å². The molecule has 8 heteroatoms. The van der Waals surface area contributed by atoms with E-state index in [0.29, 0.717) is 0 Å². The summed E-state index contributed by atoms with van der Waals surface area (Å²) in [5, 5.41) is 21.4. The lowest BCUT2D eigenvalue weighted by Crippen LogP contribution is -2.29. The fourth-order valence-corrected chi connectivity index (χ4v) is 3.22. The molecule has 3 amide bonds. The van der Waals surface area contributed by atoms with Crippen LogP contribution in [0.15, 0.2) is 66.7 Å². The molecule has 0 radical (unpaired) electrons. The van der Waals surface area contributed by atoms with Crippen molar-refractivity contribution in [1.29, 1.82) is 0 Å². The summed E-state index contributed by atoms with van der Waals surface area (Å²) in [5.74, 6) is -3.10. The predicted molar refractivity (Wildman–Crippen MR) is 107 cm³/mol. The summed E-state index contributed by atoms with van der Waals surface area (Å²) < 4.78 is 0. The van der Waals surface area contributed by atoms with Crippen LogP contribution < -0.4 is 10.2 Å². The van der Waals surface area contributed by atoms with E-state index < -0.39 is 23.7 Å². The van der Waals surface area contributed by atoms with Gasteiger partial charge in [-0.15, -0.1) is 0 Å². The molecule has 0 aliphatic carbocycles. The number of carbonyl (C=O) groups is 4. The van der Waals surface area contributed by atoms with Gasteiger partial charge in [-0.1, -0.05) is 18.2 Å². The van der Waals surface area contributed by atoms with Crippen molar-refractivity contribution in [2.75, 3.05) is 10.2 Å². The Kier molecular flexibility index (Phi) is 4.51. The van der Waals surface area contributed by atoms with Crippen molar-refractivity contribution in [3.8, 4) is 5.75 Å². The Morgan fingerprint density at radius 1 is 0.833 bits per heavy atom. The maximum absolute atomic E-state index is 12.8. The Labute approximate surface area is 170 Å². The molecule has 1 aliphatic heterocycles. The standard InChI is InChI=1S/C22H14N2O6/c25-14-5-3-4-13(11-14)24-20(27)15-9-8-12(10-17(15)21(24)28)19(26)23-18-7-2-1-6-16(18)22(29)30/h1-11,25H,(H,23,26)(H,29,30). The average molecular weight is 402 g/mol. The number of phenols is 1. The van der Waals surface area contributed by atoms with Gasteiger partial charge in [-0.2, -0.15) is 0 Å². The molecule has 3 N–H and O–H groups in total. The Morgan fingerprint density at radius 2 is 1.57 bits per heavy atom. The lowest BCUT2D eigenvalue weighted by Gasteiger charge is -2.13. The summed E-state index contributed by atoms with van der Waals surface area (Å²) >= 11 is 0. The average Bonchev–Trinajstić information content (AvgIpc) is 2.98. The molecule has 0 saturated carbocycles. The molecule has 0 fully saturated rings. The van der Waals surface area contributed by atoms with Crippen LogP contribution in [0.1, 0.15) is 41.4 Å². The first-order valence-electron chi connectivity index (χ1n) is 8.82. The molecule has 0 saturated heterocycles. The molecule has 1 heterocycles. The van der Waals surface area contributed by atoms with Crippen LogP contribution in [-0.4, -0.2) is 33.9 Å². The van der Waals surface area contributed by atoms with Crippen LogP contribution in [0.2, 0.25) is 0 Å². The largest absolute Gasteiger partial charge is 0.508 e. The zero-order valence-electron chi connectivity index (χ0n) is 15.3. The summed E-state index contributed by atoms with van der Waals surface area (Å²) in [7, 11) is 0. The van der Waals surface area contributed by atoms with Gasteiger partial charge in [0.2, 0.25) is 0 Å². The highest BCUT2D eigenvalue weighted by Gasteiger charge is 2.37. The number of nitrogens with one attached hydrogen (secondary N) is 1. The fraction of sp³-hybridized carbons (Fsp3) is 0. The second-order valence-corrected chi connectivity index (χ2v) is 6.53. The minimum absolute atomic E-state index is 0.0440. The number of fused-ring (bicyclic) bond motifs is 1. The van der Waals surface area contributed by atoms with Crippen LogP contribution in [0.25, 0.3) is 0 Å². The molecule has 148 valence electrons. The topological polar surface area (TPSA) is 124 Å². The third-order valence-corrected chi connectivity index (χ3v) is 4.64. The van der Waals surface area contributed by atoms with Crippen LogP contribution in [-0.2, 0) is 0 Å². The highest BCUT2D eigenvalue weighted by molar-refractivity contribution is 6.34. The van der Waals surface area contributed by atoms with Gasteiger partial charge in [0, 0.05) is 11.6 Å². The minimum atomic E-state index is -1.19. The number of hydrogen-bond donors (Lipinski definition) is 3. The molecule has 4 rings (SSSR count). The van der Waals surface area contributed by atoms with E-state index >= 15 is 0 Å². The van der Waals surface area contributed by atoms with Crippen molar-refractivity contribution in [3.05, 3.63) is 89.0 Å². The maximum Gasteiger partial charge on any atom is 0.337 e. The third-order valence-electron chi connectivity index (χ3n) is 4.64. The number of carboxylic acid groups (broad SMARTS) is 1. The Balaban J connectivity index is 1.65. The zero-order chi connectivity index (χ0) is 21.4. The molecule has 0 spiro atoms. The van der Waals surface area contributed by atoms with Crippen LogP contribution in [0, 0.1) is 0 Å². The predicted octanol–water partition coefficient (Wildman–Crippen LogP) is 3.14. The molecule has 0 bridgehead atoms. The van der Waals surface area contributed by atoms with Crippen molar-refractivity contribution in [2.24, 2.45) is 0 Å². The van der Waals surface area contributed by atoms with E-state index in [1.54, 1.807) is 6.07 Å². The molecule has 0 aromatic heterocycles. The highest BCUT2D eigenvalue weighted by Crippen LogP contribution is 2.31. The molecular weight excluding hydrogens is 388 g/mol. The first kappa shape index (κ1) is 18.9. The van der Waals surface area contributed by atoms with Crippen molar-refractivity contribution >= 4 is 35.1 Å². The van der Waals surface area contributed by atoms with Gasteiger partial charge >= 0.3 is 5.97 Å². The van der Waals surface area contributed by atoms with Gasteiger partial charge in [-0.3, -0.25) is 14.4 Å². The number of anilines is 2. The number of benzene rings is 3. The minimum Gasteiger partial charge on any atom is -0.508 e. The number of amides is 3.